The molecular weight excluding hydrogens is 656 g/mol. The Morgan fingerprint density at radius 1 is 0.745 bits per heavy atom. The van der Waals surface area contributed by atoms with Gasteiger partial charge in [-0.05, 0) is 73.8 Å². The largest absolute Gasteiger partial charge is 0.394 e. The van der Waals surface area contributed by atoms with Gasteiger partial charge in [0.25, 0.3) is 0 Å². The molecule has 10 saturated heterocycles. The van der Waals surface area contributed by atoms with Gasteiger partial charge in [0.1, 0.15) is 36.3 Å². The van der Waals surface area contributed by atoms with E-state index in [1.807, 2.05) is 0 Å². The minimum Gasteiger partial charge on any atom is -0.394 e. The van der Waals surface area contributed by atoms with Crippen molar-refractivity contribution in [1.29, 1.82) is 0 Å². The minimum absolute atomic E-state index is 0.00894. The topological polar surface area (TPSA) is 131 Å². The summed E-state index contributed by atoms with van der Waals surface area (Å²) < 4.78 is 53.9. The third-order valence-electron chi connectivity index (χ3n) is 14.1. The number of ketones is 1. The van der Waals surface area contributed by atoms with Gasteiger partial charge >= 0.3 is 0 Å². The molecule has 19 atom stereocenters. The lowest BCUT2D eigenvalue weighted by Crippen LogP contribution is -2.61. The number of aliphatic hydroxyl groups is 2. The molecule has 0 aliphatic carbocycles. The number of fused-ring (bicyclic) bond motifs is 6. The van der Waals surface area contributed by atoms with Gasteiger partial charge in [-0.3, -0.25) is 4.79 Å². The molecule has 0 aromatic carbocycles. The Bertz CT molecular complexity index is 1360. The van der Waals surface area contributed by atoms with E-state index >= 15 is 0 Å². The molecule has 0 aromatic rings. The van der Waals surface area contributed by atoms with Gasteiger partial charge in [-0.2, -0.15) is 0 Å². The molecule has 10 rings (SSSR count). The average Bonchev–Trinajstić information content (AvgIpc) is 3.77. The summed E-state index contributed by atoms with van der Waals surface area (Å²) in [7, 11) is 0. The van der Waals surface area contributed by atoms with Gasteiger partial charge < -0.3 is 48.1 Å². The zero-order valence-corrected chi connectivity index (χ0v) is 30.3. The van der Waals surface area contributed by atoms with Crippen LogP contribution in [0.3, 0.4) is 0 Å². The van der Waals surface area contributed by atoms with Gasteiger partial charge in [-0.1, -0.05) is 27.0 Å². The highest BCUT2D eigenvalue weighted by molar-refractivity contribution is 5.79. The fourth-order valence-corrected chi connectivity index (χ4v) is 11.3. The van der Waals surface area contributed by atoms with Crippen LogP contribution in [0, 0.1) is 17.8 Å². The van der Waals surface area contributed by atoms with Crippen LogP contribution in [0.25, 0.3) is 0 Å². The first kappa shape index (κ1) is 35.5. The first-order valence-electron chi connectivity index (χ1n) is 20.0. The molecule has 10 aliphatic rings. The Morgan fingerprint density at radius 2 is 1.49 bits per heavy atom. The zero-order valence-electron chi connectivity index (χ0n) is 30.3. The molecule has 5 unspecified atom stereocenters. The molecule has 284 valence electrons. The smallest absolute Gasteiger partial charge is 0.172 e. The summed E-state index contributed by atoms with van der Waals surface area (Å²) >= 11 is 0. The molecule has 51 heavy (non-hydrogen) atoms. The van der Waals surface area contributed by atoms with E-state index in [-0.39, 0.29) is 110 Å². The second-order valence-corrected chi connectivity index (χ2v) is 17.5. The highest BCUT2D eigenvalue weighted by atomic mass is 16.8. The van der Waals surface area contributed by atoms with E-state index in [1.165, 1.54) is 0 Å². The van der Waals surface area contributed by atoms with Crippen LogP contribution in [-0.2, 0) is 42.7 Å². The average molecular weight is 715 g/mol. The summed E-state index contributed by atoms with van der Waals surface area (Å²) in [4.78, 5) is 14.0. The van der Waals surface area contributed by atoms with Crippen LogP contribution in [0.4, 0.5) is 0 Å². The maximum atomic E-state index is 14.0. The monoisotopic (exact) mass is 714 g/mol. The number of Topliss-reactive ketones (excluding diaryl/α,β-unsaturated/α-hetero) is 1. The molecule has 0 saturated carbocycles. The Hall–Kier alpha value is -1.25. The van der Waals surface area contributed by atoms with Gasteiger partial charge in [0.15, 0.2) is 5.79 Å². The SMILES string of the molecule is C=C1C[C@@H]2CC[C@@]34C[C@@H]5O[C@H]6[C@@H](O3)C3OC(CCC3O[C@H]6C5O4)CC(=O)C[C@@H]3[C@@H](C)[C@@H](C[C@H](O)CO)O[C@H]3C[C@H]3OC(CC[C@@H]1O2)C[C@@H](C)C3=C. The first-order valence-corrected chi connectivity index (χ1v) is 20.0. The molecular formula is C40H58O11. The van der Waals surface area contributed by atoms with Crippen molar-refractivity contribution in [3.8, 4) is 0 Å². The lowest BCUT2D eigenvalue weighted by Gasteiger charge is -2.47. The molecule has 10 heterocycles. The highest BCUT2D eigenvalue weighted by Gasteiger charge is 2.68. The third-order valence-corrected chi connectivity index (χ3v) is 14.1. The van der Waals surface area contributed by atoms with E-state index in [9.17, 15) is 15.0 Å². The van der Waals surface area contributed by atoms with Gasteiger partial charge in [0, 0.05) is 38.5 Å². The van der Waals surface area contributed by atoms with Crippen LogP contribution in [0.2, 0.25) is 0 Å². The molecule has 12 bridgehead atoms. The number of ether oxygens (including phenoxy) is 8. The van der Waals surface area contributed by atoms with E-state index in [0.29, 0.717) is 44.4 Å². The molecule has 2 N–H and O–H groups in total. The van der Waals surface area contributed by atoms with Gasteiger partial charge in [0.05, 0.1) is 67.6 Å². The Morgan fingerprint density at radius 3 is 2.33 bits per heavy atom. The predicted molar refractivity (Wildman–Crippen MR) is 183 cm³/mol. The van der Waals surface area contributed by atoms with Gasteiger partial charge in [-0.25, -0.2) is 0 Å². The molecule has 0 amide bonds. The summed E-state index contributed by atoms with van der Waals surface area (Å²) in [6, 6.07) is 0. The number of hydrogen-bond donors (Lipinski definition) is 2. The predicted octanol–water partition coefficient (Wildman–Crippen LogP) is 4.09. The number of rotatable bonds is 3. The van der Waals surface area contributed by atoms with Crippen molar-refractivity contribution in [3.63, 3.8) is 0 Å². The van der Waals surface area contributed by atoms with Crippen molar-refractivity contribution in [2.75, 3.05) is 6.61 Å². The summed E-state index contributed by atoms with van der Waals surface area (Å²) in [6.45, 7) is 12.9. The number of aliphatic hydroxyl groups excluding tert-OH is 2. The Balaban J connectivity index is 0.986. The quantitative estimate of drug-likeness (QED) is 0.410. The molecule has 0 radical (unpaired) electrons. The fourth-order valence-electron chi connectivity index (χ4n) is 11.3. The third kappa shape index (κ3) is 6.53. The molecule has 0 aromatic heterocycles. The molecule has 1 spiro atoms. The second-order valence-electron chi connectivity index (χ2n) is 17.5. The summed E-state index contributed by atoms with van der Waals surface area (Å²) in [5, 5.41) is 20.0. The molecule has 11 nitrogen and oxygen atoms in total. The first-order chi connectivity index (χ1) is 24.6. The van der Waals surface area contributed by atoms with Crippen molar-refractivity contribution in [1.82, 2.24) is 0 Å². The van der Waals surface area contributed by atoms with Crippen LogP contribution in [0.15, 0.2) is 24.3 Å². The number of hydrogen-bond acceptors (Lipinski definition) is 11. The van der Waals surface area contributed by atoms with Crippen molar-refractivity contribution >= 4 is 5.78 Å². The van der Waals surface area contributed by atoms with E-state index in [2.05, 4.69) is 27.0 Å². The Labute approximate surface area is 301 Å². The second kappa shape index (κ2) is 13.8. The van der Waals surface area contributed by atoms with Crippen molar-refractivity contribution < 1.29 is 52.9 Å². The van der Waals surface area contributed by atoms with E-state index < -0.39 is 11.9 Å². The molecule has 10 fully saturated rings. The minimum atomic E-state index is -0.872. The summed E-state index contributed by atoms with van der Waals surface area (Å²) in [5.74, 6) is -0.367. The van der Waals surface area contributed by atoms with E-state index in [1.54, 1.807) is 0 Å². The summed E-state index contributed by atoms with van der Waals surface area (Å²) in [6.07, 6.45) is 5.65. The van der Waals surface area contributed by atoms with E-state index in [4.69, 9.17) is 37.9 Å². The van der Waals surface area contributed by atoms with Gasteiger partial charge in [-0.15, -0.1) is 0 Å². The number of carbonyl (C=O) groups is 1. The van der Waals surface area contributed by atoms with Crippen molar-refractivity contribution in [3.05, 3.63) is 24.3 Å². The Kier molecular flexibility index (Phi) is 9.59. The highest BCUT2D eigenvalue weighted by Crippen LogP contribution is 2.54. The normalized spacial score (nSPS) is 53.2. The fraction of sp³-hybridized carbons (Fsp3) is 0.875. The van der Waals surface area contributed by atoms with Crippen molar-refractivity contribution in [2.45, 2.75) is 195 Å². The molecule has 10 aliphatic heterocycles. The van der Waals surface area contributed by atoms with Crippen LogP contribution < -0.4 is 0 Å². The van der Waals surface area contributed by atoms with Crippen LogP contribution >= 0.6 is 0 Å². The molecule has 11 heteroatoms. The lowest BCUT2D eigenvalue weighted by molar-refractivity contribution is -0.292. The number of carbonyl (C=O) groups excluding carboxylic acids is 1. The van der Waals surface area contributed by atoms with E-state index in [0.717, 1.165) is 56.1 Å². The van der Waals surface area contributed by atoms with Crippen molar-refractivity contribution in [2.24, 2.45) is 17.8 Å². The maximum absolute atomic E-state index is 14.0. The van der Waals surface area contributed by atoms with Crippen LogP contribution in [0.1, 0.15) is 97.3 Å². The summed E-state index contributed by atoms with van der Waals surface area (Å²) in [5.41, 5.74) is 2.22. The lowest BCUT2D eigenvalue weighted by atomic mass is 9.79. The maximum Gasteiger partial charge on any atom is 0.172 e. The standard InChI is InChI=1S/C40H58O11/c1-19-11-25-5-7-29-20(2)12-27(44-29)9-10-40-17-34-36(50-40)37-38(49-34)39(51-40)35-30(48-37)8-6-26(46-35)13-23(42)14-28-22(4)31(15-24(43)18-41)47-33(28)16-32(45-25)21(19)3/h19,22,24-39,41,43H,2-3,5-18H2,1,4H3/t19-,22-,24+,25?,26?,27+,28-,29+,30?,31-,32-,33+,34+,35?,36?,37+,38-,39+,40+/m1/s1. The van der Waals surface area contributed by atoms with Crippen LogP contribution in [0.5, 0.6) is 0 Å². The van der Waals surface area contributed by atoms with Crippen LogP contribution in [-0.4, -0.2) is 120 Å². The van der Waals surface area contributed by atoms with Gasteiger partial charge in [0.2, 0.25) is 0 Å². The zero-order chi connectivity index (χ0) is 35.2.